The molecule has 0 aliphatic rings. The average Bonchev–Trinajstić information content (AvgIpc) is 2.23. The number of alkyl halides is 1. The Morgan fingerprint density at radius 3 is 2.56 bits per heavy atom. The molecule has 3 nitrogen and oxygen atoms in total. The Hall–Kier alpha value is -0.460. The fourth-order valence-corrected chi connectivity index (χ4v) is 2.14. The van der Waals surface area contributed by atoms with Gasteiger partial charge in [0, 0.05) is 0 Å². The fraction of sp³-hybridized carbons (Fsp3) is 0.500. The first-order chi connectivity index (χ1) is 8.21. The molecule has 0 aromatic carbocycles. The third-order valence-electron chi connectivity index (χ3n) is 2.06. The van der Waals surface area contributed by atoms with Crippen molar-refractivity contribution >= 4 is 33.0 Å². The number of hydrogen-bond acceptors (Lipinski definition) is 3. The van der Waals surface area contributed by atoms with Crippen LogP contribution in [-0.2, 0) is 11.4 Å². The van der Waals surface area contributed by atoms with Gasteiger partial charge in [0.1, 0.15) is 26.9 Å². The zero-order valence-corrected chi connectivity index (χ0v) is 13.2. The monoisotopic (exact) mass is 334 g/mol. The van der Waals surface area contributed by atoms with Crippen LogP contribution in [0.25, 0.3) is 0 Å². The van der Waals surface area contributed by atoms with Gasteiger partial charge in [0.15, 0.2) is 5.71 Å². The van der Waals surface area contributed by atoms with E-state index in [0.717, 1.165) is 0 Å². The van der Waals surface area contributed by atoms with Crippen molar-refractivity contribution in [2.24, 2.45) is 4.40 Å². The van der Waals surface area contributed by atoms with Crippen molar-refractivity contribution in [2.75, 3.05) is 0 Å². The lowest BCUT2D eigenvalue weighted by atomic mass is 10.2. The summed E-state index contributed by atoms with van der Waals surface area (Å²) < 4.78 is 29.6. The summed E-state index contributed by atoms with van der Waals surface area (Å²) in [5, 5.41) is 0. The van der Waals surface area contributed by atoms with Gasteiger partial charge in [-0.25, -0.2) is 9.37 Å². The van der Waals surface area contributed by atoms with E-state index in [2.05, 4.69) is 25.3 Å². The van der Waals surface area contributed by atoms with Crippen molar-refractivity contribution in [3.05, 3.63) is 28.5 Å². The maximum atomic E-state index is 13.6. The predicted molar refractivity (Wildman–Crippen MR) is 76.9 cm³/mol. The second kappa shape index (κ2) is 6.12. The molecule has 0 aliphatic heterocycles. The first-order valence-corrected chi connectivity index (χ1v) is 7.39. The highest BCUT2D eigenvalue weighted by molar-refractivity contribution is 9.10. The van der Waals surface area contributed by atoms with Gasteiger partial charge in [0.2, 0.25) is 0 Å². The van der Waals surface area contributed by atoms with E-state index < -0.39 is 22.3 Å². The van der Waals surface area contributed by atoms with Gasteiger partial charge in [-0.05, 0) is 55.8 Å². The number of aromatic nitrogens is 1. The molecule has 0 amide bonds. The molecule has 0 N–H and O–H groups in total. The summed E-state index contributed by atoms with van der Waals surface area (Å²) in [5.74, 6) is 0. The molecule has 100 valence electrons. The summed E-state index contributed by atoms with van der Waals surface area (Å²) in [7, 11) is 0. The predicted octanol–water partition coefficient (Wildman–Crippen LogP) is 3.45. The normalized spacial score (nSPS) is 16.5. The van der Waals surface area contributed by atoms with Crippen molar-refractivity contribution < 1.29 is 8.94 Å². The zero-order chi connectivity index (χ0) is 13.9. The van der Waals surface area contributed by atoms with E-state index in [0.29, 0.717) is 10.3 Å². The van der Waals surface area contributed by atoms with Crippen molar-refractivity contribution in [1.29, 1.82) is 0 Å². The number of nitrogens with zero attached hydrogens (tertiary/aromatic N) is 2. The van der Waals surface area contributed by atoms with Gasteiger partial charge in [-0.3, -0.25) is 0 Å². The van der Waals surface area contributed by atoms with Crippen LogP contribution < -0.4 is 0 Å². The molecule has 1 aromatic heterocycles. The van der Waals surface area contributed by atoms with Gasteiger partial charge in [-0.15, -0.1) is 0 Å². The first kappa shape index (κ1) is 15.6. The van der Waals surface area contributed by atoms with Crippen LogP contribution in [0.4, 0.5) is 4.39 Å². The number of hydrogen-bond donors (Lipinski definition) is 0. The van der Waals surface area contributed by atoms with Crippen LogP contribution in [0.2, 0.25) is 0 Å². The third kappa shape index (κ3) is 4.33. The van der Waals surface area contributed by atoms with Crippen LogP contribution in [0, 0.1) is 0 Å². The lowest BCUT2D eigenvalue weighted by Gasteiger charge is -2.19. The van der Waals surface area contributed by atoms with E-state index in [-0.39, 0.29) is 5.71 Å². The van der Waals surface area contributed by atoms with Crippen molar-refractivity contribution in [2.45, 2.75) is 38.6 Å². The summed E-state index contributed by atoms with van der Waals surface area (Å²) in [6, 6.07) is 5.13. The third-order valence-corrected chi connectivity index (χ3v) is 3.91. The molecule has 0 bridgehead atoms. The van der Waals surface area contributed by atoms with Crippen LogP contribution in [0.15, 0.2) is 27.2 Å². The van der Waals surface area contributed by atoms with Gasteiger partial charge in [-0.2, -0.15) is 0 Å². The van der Waals surface area contributed by atoms with Gasteiger partial charge < -0.3 is 4.55 Å². The Kier molecular flexibility index (Phi) is 5.31. The van der Waals surface area contributed by atoms with Crippen LogP contribution >= 0.6 is 15.9 Å². The second-order valence-electron chi connectivity index (χ2n) is 4.80. The Morgan fingerprint density at radius 2 is 2.11 bits per heavy atom. The van der Waals surface area contributed by atoms with E-state index in [1.54, 1.807) is 39.0 Å². The lowest BCUT2D eigenvalue weighted by molar-refractivity contribution is 0.454. The molecule has 1 heterocycles. The van der Waals surface area contributed by atoms with Gasteiger partial charge >= 0.3 is 0 Å². The summed E-state index contributed by atoms with van der Waals surface area (Å²) >= 11 is 1.72. The van der Waals surface area contributed by atoms with E-state index in [1.165, 1.54) is 6.92 Å². The topological polar surface area (TPSA) is 48.3 Å². The number of halogens is 2. The van der Waals surface area contributed by atoms with Crippen molar-refractivity contribution in [3.8, 4) is 0 Å². The van der Waals surface area contributed by atoms with Crippen LogP contribution in [0.1, 0.15) is 33.4 Å². The first-order valence-electron chi connectivity index (χ1n) is 5.49. The molecular weight excluding hydrogens is 319 g/mol. The van der Waals surface area contributed by atoms with E-state index in [1.807, 2.05) is 0 Å². The molecule has 0 radical (unpaired) electrons. The van der Waals surface area contributed by atoms with Crippen LogP contribution in [0.5, 0.6) is 0 Å². The molecule has 0 saturated carbocycles. The Labute approximate surface area is 118 Å². The molecule has 6 heteroatoms. The molecule has 0 spiro atoms. The molecule has 0 aliphatic carbocycles. The van der Waals surface area contributed by atoms with Crippen molar-refractivity contribution in [3.63, 3.8) is 0 Å². The minimum absolute atomic E-state index is 0.115. The molecular formula is C12H16BrFN2OS. The van der Waals surface area contributed by atoms with Crippen molar-refractivity contribution in [1.82, 2.24) is 4.98 Å². The highest BCUT2D eigenvalue weighted by atomic mass is 79.9. The SMILES string of the molecule is C[C@@H](F)C(=N[S+]([O-])C(C)(C)C)c1cccc(Br)n1. The number of rotatable bonds is 3. The average molecular weight is 335 g/mol. The second-order valence-corrected chi connectivity index (χ2v) is 7.52. The molecule has 0 saturated heterocycles. The maximum Gasteiger partial charge on any atom is 0.151 e. The minimum atomic E-state index is -1.50. The summed E-state index contributed by atoms with van der Waals surface area (Å²) in [6.45, 7) is 6.74. The highest BCUT2D eigenvalue weighted by Gasteiger charge is 2.29. The molecule has 2 atom stereocenters. The van der Waals surface area contributed by atoms with E-state index in [9.17, 15) is 8.94 Å². The van der Waals surface area contributed by atoms with Crippen LogP contribution in [-0.4, -0.2) is 26.2 Å². The fourth-order valence-electron chi connectivity index (χ4n) is 1.10. The smallest absolute Gasteiger partial charge is 0.151 e. The molecule has 1 aromatic rings. The van der Waals surface area contributed by atoms with Gasteiger partial charge in [0.05, 0.1) is 5.69 Å². The zero-order valence-electron chi connectivity index (χ0n) is 10.8. The Morgan fingerprint density at radius 1 is 1.50 bits per heavy atom. The maximum absolute atomic E-state index is 13.6. The highest BCUT2D eigenvalue weighted by Crippen LogP contribution is 2.20. The largest absolute Gasteiger partial charge is 0.591 e. The minimum Gasteiger partial charge on any atom is -0.591 e. The molecule has 1 unspecified atom stereocenters. The summed E-state index contributed by atoms with van der Waals surface area (Å²) in [6.07, 6.45) is -1.32. The number of pyridine rings is 1. The van der Waals surface area contributed by atoms with Gasteiger partial charge in [0.25, 0.3) is 0 Å². The lowest BCUT2D eigenvalue weighted by Crippen LogP contribution is -2.29. The standard InChI is InChI=1S/C12H16BrFN2OS/c1-8(14)11(16-18(17)12(2,3)4)9-6-5-7-10(13)15-9/h5-8H,1-4H3/t8-,18?/m1/s1. The van der Waals surface area contributed by atoms with Gasteiger partial charge in [-0.1, -0.05) is 10.5 Å². The Balaban J connectivity index is 3.15. The molecule has 18 heavy (non-hydrogen) atoms. The summed E-state index contributed by atoms with van der Waals surface area (Å²) in [4.78, 5) is 4.14. The molecule has 0 fully saturated rings. The summed E-state index contributed by atoms with van der Waals surface area (Å²) in [5.41, 5.74) is 0.515. The van der Waals surface area contributed by atoms with E-state index in [4.69, 9.17) is 0 Å². The Bertz CT molecular complexity index is 446. The molecule has 1 rings (SSSR count). The van der Waals surface area contributed by atoms with Crippen LogP contribution in [0.3, 0.4) is 0 Å². The quantitative estimate of drug-likeness (QED) is 0.483. The van der Waals surface area contributed by atoms with E-state index >= 15 is 0 Å².